The molecular formula is C20H20N2O7S. The maximum atomic E-state index is 12.2. The van der Waals surface area contributed by atoms with Crippen LogP contribution in [-0.2, 0) is 26.9 Å². The molecule has 158 valence electrons. The van der Waals surface area contributed by atoms with Gasteiger partial charge >= 0.3 is 5.97 Å². The van der Waals surface area contributed by atoms with Crippen molar-refractivity contribution >= 4 is 15.8 Å². The zero-order valence-electron chi connectivity index (χ0n) is 16.6. The minimum absolute atomic E-state index is 0.0953. The van der Waals surface area contributed by atoms with Crippen LogP contribution in [-0.4, -0.2) is 45.0 Å². The van der Waals surface area contributed by atoms with Crippen LogP contribution in [0.5, 0.6) is 11.5 Å². The van der Waals surface area contributed by atoms with E-state index >= 15 is 0 Å². The molecular weight excluding hydrogens is 412 g/mol. The van der Waals surface area contributed by atoms with Crippen LogP contribution in [0.15, 0.2) is 47.0 Å². The highest BCUT2D eigenvalue weighted by molar-refractivity contribution is 7.89. The van der Waals surface area contributed by atoms with E-state index in [1.54, 1.807) is 37.4 Å². The van der Waals surface area contributed by atoms with Crippen LogP contribution in [0.4, 0.5) is 0 Å². The van der Waals surface area contributed by atoms with E-state index in [1.165, 1.54) is 19.2 Å². The molecule has 10 heteroatoms. The average Bonchev–Trinajstić information content (AvgIpc) is 3.19. The highest BCUT2D eigenvalue weighted by atomic mass is 32.2. The molecule has 0 radical (unpaired) electrons. The third-order valence-electron chi connectivity index (χ3n) is 4.06. The lowest BCUT2D eigenvalue weighted by Gasteiger charge is -2.07. The first-order valence-electron chi connectivity index (χ1n) is 8.78. The van der Waals surface area contributed by atoms with Crippen LogP contribution < -0.4 is 9.47 Å². The highest BCUT2D eigenvalue weighted by Gasteiger charge is 2.16. The van der Waals surface area contributed by atoms with Crippen molar-refractivity contribution < 1.29 is 31.9 Å². The van der Waals surface area contributed by atoms with Gasteiger partial charge < -0.3 is 18.7 Å². The summed E-state index contributed by atoms with van der Waals surface area (Å²) in [6.07, 6.45) is 1.15. The molecule has 0 aliphatic carbocycles. The first-order valence-corrected chi connectivity index (χ1v) is 10.8. The number of carbonyl (C=O) groups excluding carboxylic acids is 1. The van der Waals surface area contributed by atoms with Gasteiger partial charge in [0.2, 0.25) is 5.82 Å². The molecule has 1 aromatic heterocycles. The Morgan fingerprint density at radius 2 is 1.80 bits per heavy atom. The fourth-order valence-corrected chi connectivity index (χ4v) is 3.45. The van der Waals surface area contributed by atoms with Crippen molar-refractivity contribution in [3.8, 4) is 22.9 Å². The molecule has 0 saturated carbocycles. The Kier molecular flexibility index (Phi) is 6.36. The second kappa shape index (κ2) is 8.95. The lowest BCUT2D eigenvalue weighted by molar-refractivity contribution is 0.0430. The van der Waals surface area contributed by atoms with E-state index in [-0.39, 0.29) is 29.6 Å². The molecule has 0 N–H and O–H groups in total. The number of hydrogen-bond donors (Lipinski definition) is 0. The second-order valence-electron chi connectivity index (χ2n) is 6.42. The molecule has 0 fully saturated rings. The lowest BCUT2D eigenvalue weighted by atomic mass is 10.1. The minimum Gasteiger partial charge on any atom is -0.497 e. The van der Waals surface area contributed by atoms with E-state index in [0.717, 1.165) is 6.26 Å². The largest absolute Gasteiger partial charge is 0.497 e. The van der Waals surface area contributed by atoms with Gasteiger partial charge in [0.25, 0.3) is 5.89 Å². The van der Waals surface area contributed by atoms with Crippen molar-refractivity contribution in [2.75, 3.05) is 20.5 Å². The molecule has 2 aromatic carbocycles. The van der Waals surface area contributed by atoms with Crippen molar-refractivity contribution in [1.82, 2.24) is 10.1 Å². The quantitative estimate of drug-likeness (QED) is 0.495. The number of sulfone groups is 1. The predicted octanol–water partition coefficient (Wildman–Crippen LogP) is 2.66. The first kappa shape index (κ1) is 21.3. The summed E-state index contributed by atoms with van der Waals surface area (Å²) in [6.45, 7) is -0.213. The van der Waals surface area contributed by atoms with Crippen LogP contribution in [0.2, 0.25) is 0 Å². The third kappa shape index (κ3) is 5.35. The van der Waals surface area contributed by atoms with Crippen LogP contribution in [0.1, 0.15) is 21.8 Å². The summed E-state index contributed by atoms with van der Waals surface area (Å²) >= 11 is 0. The number of carbonyl (C=O) groups is 1. The van der Waals surface area contributed by atoms with Gasteiger partial charge in [-0.2, -0.15) is 4.98 Å². The summed E-state index contributed by atoms with van der Waals surface area (Å²) in [5, 5.41) is 3.89. The smallest absolute Gasteiger partial charge is 0.338 e. The Morgan fingerprint density at radius 3 is 2.43 bits per heavy atom. The van der Waals surface area contributed by atoms with Crippen molar-refractivity contribution in [2.45, 2.75) is 12.4 Å². The Bertz CT molecular complexity index is 1140. The van der Waals surface area contributed by atoms with Gasteiger partial charge in [-0.3, -0.25) is 0 Å². The molecule has 0 saturated heterocycles. The molecule has 9 nitrogen and oxygen atoms in total. The fourth-order valence-electron chi connectivity index (χ4n) is 2.66. The highest BCUT2D eigenvalue weighted by Crippen LogP contribution is 2.31. The topological polar surface area (TPSA) is 118 Å². The van der Waals surface area contributed by atoms with Gasteiger partial charge in [0, 0.05) is 12.3 Å². The van der Waals surface area contributed by atoms with Crippen molar-refractivity contribution in [1.29, 1.82) is 0 Å². The Balaban J connectivity index is 1.65. The lowest BCUT2D eigenvalue weighted by Crippen LogP contribution is -2.06. The molecule has 0 bridgehead atoms. The molecule has 3 rings (SSSR count). The Labute approximate surface area is 173 Å². The predicted molar refractivity (Wildman–Crippen MR) is 107 cm³/mol. The summed E-state index contributed by atoms with van der Waals surface area (Å²) in [6, 6.07) is 11.3. The number of rotatable bonds is 8. The molecule has 0 unspecified atom stereocenters. The number of esters is 1. The van der Waals surface area contributed by atoms with E-state index in [4.69, 9.17) is 18.7 Å². The summed E-state index contributed by atoms with van der Waals surface area (Å²) in [4.78, 5) is 16.4. The number of ether oxygens (including phenoxy) is 3. The van der Waals surface area contributed by atoms with E-state index in [9.17, 15) is 13.2 Å². The molecule has 0 spiro atoms. The monoisotopic (exact) mass is 432 g/mol. The minimum atomic E-state index is -3.15. The van der Waals surface area contributed by atoms with Crippen molar-refractivity contribution in [3.05, 3.63) is 59.5 Å². The second-order valence-corrected chi connectivity index (χ2v) is 8.56. The summed E-state index contributed by atoms with van der Waals surface area (Å²) in [5.41, 5.74) is 1.47. The zero-order valence-corrected chi connectivity index (χ0v) is 17.4. The normalized spacial score (nSPS) is 11.2. The zero-order chi connectivity index (χ0) is 21.7. The molecule has 30 heavy (non-hydrogen) atoms. The maximum absolute atomic E-state index is 12.2. The molecule has 0 atom stereocenters. The Hall–Kier alpha value is -3.40. The van der Waals surface area contributed by atoms with E-state index in [1.807, 2.05) is 0 Å². The van der Waals surface area contributed by atoms with E-state index < -0.39 is 15.8 Å². The number of aromatic nitrogens is 2. The summed E-state index contributed by atoms with van der Waals surface area (Å²) < 4.78 is 43.5. The van der Waals surface area contributed by atoms with Crippen LogP contribution >= 0.6 is 0 Å². The van der Waals surface area contributed by atoms with Crippen LogP contribution in [0.3, 0.4) is 0 Å². The molecule has 0 aliphatic rings. The Morgan fingerprint density at radius 1 is 1.07 bits per heavy atom. The molecule has 0 amide bonds. The molecule has 3 aromatic rings. The molecule has 1 heterocycles. The number of nitrogens with zero attached hydrogens (tertiary/aromatic N) is 2. The van der Waals surface area contributed by atoms with Crippen molar-refractivity contribution in [3.63, 3.8) is 0 Å². The van der Waals surface area contributed by atoms with Gasteiger partial charge in [0.05, 0.1) is 31.1 Å². The number of benzene rings is 2. The standard InChI is InChI=1S/C20H20N2O7S/c1-26-15-8-9-16(17(10-15)27-2)19-21-18(29-22-19)11-28-20(23)14-6-4-13(5-7-14)12-30(3,24)25/h4-10H,11-12H2,1-3H3. The SMILES string of the molecule is COc1ccc(-c2noc(COC(=O)c3ccc(CS(C)(=O)=O)cc3)n2)c(OC)c1. The summed E-state index contributed by atoms with van der Waals surface area (Å²) in [7, 11) is -0.0797. The van der Waals surface area contributed by atoms with Gasteiger partial charge in [0.1, 0.15) is 11.5 Å². The average molecular weight is 432 g/mol. The number of hydrogen-bond acceptors (Lipinski definition) is 9. The summed E-state index contributed by atoms with van der Waals surface area (Å²) in [5.74, 6) is 0.837. The van der Waals surface area contributed by atoms with Gasteiger partial charge in [-0.1, -0.05) is 17.3 Å². The van der Waals surface area contributed by atoms with E-state index in [2.05, 4.69) is 10.1 Å². The third-order valence-corrected chi connectivity index (χ3v) is 4.92. The van der Waals surface area contributed by atoms with Crippen LogP contribution in [0, 0.1) is 0 Å². The van der Waals surface area contributed by atoms with Gasteiger partial charge in [-0.25, -0.2) is 13.2 Å². The van der Waals surface area contributed by atoms with Gasteiger partial charge in [-0.15, -0.1) is 0 Å². The van der Waals surface area contributed by atoms with Gasteiger partial charge in [0.15, 0.2) is 16.4 Å². The fraction of sp³-hybridized carbons (Fsp3) is 0.250. The van der Waals surface area contributed by atoms with Crippen LogP contribution in [0.25, 0.3) is 11.4 Å². The molecule has 0 aliphatic heterocycles. The maximum Gasteiger partial charge on any atom is 0.338 e. The van der Waals surface area contributed by atoms with Gasteiger partial charge in [-0.05, 0) is 29.8 Å². The van der Waals surface area contributed by atoms with E-state index in [0.29, 0.717) is 22.6 Å². The number of methoxy groups -OCH3 is 2. The van der Waals surface area contributed by atoms with Crippen molar-refractivity contribution in [2.24, 2.45) is 0 Å². The first-order chi connectivity index (χ1) is 14.3.